The minimum Gasteiger partial charge on any atom is -0.311 e. The van der Waals surface area contributed by atoms with E-state index in [0.29, 0.717) is 52.3 Å². The molecule has 0 spiro atoms. The van der Waals surface area contributed by atoms with Crippen molar-refractivity contribution in [2.75, 3.05) is 9.80 Å². The second-order valence-electron chi connectivity index (χ2n) is 31.0. The number of aromatic nitrogens is 11. The monoisotopic (exact) mass is 1580 g/mol. The van der Waals surface area contributed by atoms with Crippen LogP contribution in [0.1, 0.15) is 0 Å². The number of fused-ring (bicyclic) bond motifs is 7. The molecule has 124 heavy (non-hydrogen) atoms. The van der Waals surface area contributed by atoms with Crippen molar-refractivity contribution in [3.63, 3.8) is 0 Å². The second kappa shape index (κ2) is 30.8. The predicted molar refractivity (Wildman–Crippen MR) is 503 cm³/mol. The summed E-state index contributed by atoms with van der Waals surface area (Å²) in [6, 6.07) is 148. The fourth-order valence-corrected chi connectivity index (χ4v) is 17.7. The SMILES string of the molecule is c1ccc(-c2cc(-c3ccc(-n4c5ccc(-c6nc(-c7ccccc7)nc(-c7ccccc7)n6)cc5c5cc(-c6nc(-c7ccccc7)nc(-c7ccccc7)n6)ccc54)c(-c4cc(-c5ccccc5)nc(-c5ccc(-c6cc7c8c(c6)N(c6ccccc6)c6ccccc6B8c6ccccc6N7c6ccccc6)cc5)n4)c3)nc(-c3ccccc3)n2)cc1. The molecule has 21 aromatic rings. The van der Waals surface area contributed by atoms with Crippen molar-refractivity contribution < 1.29 is 0 Å². The van der Waals surface area contributed by atoms with Gasteiger partial charge in [0.15, 0.2) is 46.6 Å². The molecule has 0 radical (unpaired) electrons. The number of hydrogen-bond acceptors (Lipinski definition) is 12. The van der Waals surface area contributed by atoms with Crippen LogP contribution >= 0.6 is 0 Å². The third-order valence-corrected chi connectivity index (χ3v) is 23.5. The van der Waals surface area contributed by atoms with E-state index in [4.69, 9.17) is 49.8 Å². The Morgan fingerprint density at radius 3 is 0.863 bits per heavy atom. The van der Waals surface area contributed by atoms with Crippen molar-refractivity contribution in [1.29, 1.82) is 0 Å². The Labute approximate surface area is 716 Å². The fraction of sp³-hybridized carbons (Fsp3) is 0. The number of nitrogens with zero attached hydrogens (tertiary/aromatic N) is 13. The molecular weight excluding hydrogens is 1510 g/mol. The molecule has 0 unspecified atom stereocenters. The molecule has 2 aliphatic heterocycles. The minimum absolute atomic E-state index is 0.0273. The van der Waals surface area contributed by atoms with Gasteiger partial charge in [0.05, 0.1) is 39.5 Å². The summed E-state index contributed by atoms with van der Waals surface area (Å²) in [5, 5.41) is 1.85. The molecule has 0 saturated carbocycles. The van der Waals surface area contributed by atoms with Gasteiger partial charge in [-0.25, -0.2) is 49.8 Å². The van der Waals surface area contributed by atoms with Crippen molar-refractivity contribution in [3.05, 3.63) is 425 Å². The van der Waals surface area contributed by atoms with E-state index >= 15 is 0 Å². The molecule has 0 aliphatic carbocycles. The third-order valence-electron chi connectivity index (χ3n) is 23.5. The lowest BCUT2D eigenvalue weighted by Gasteiger charge is -2.44. The first-order chi connectivity index (χ1) is 61.4. The maximum absolute atomic E-state index is 5.85. The standard InChI is InChI=1S/C110H70BN13/c1-10-32-72(33-11-1)91-69-93(114-103(112-91)74-36-14-3-15-37-74)80-58-61-97(124-95-62-59-81(109-118-105(75-38-16-4-17-39-75)116-106(119-109)76-40-18-5-19-41-76)65-86(95)87-66-82(60-63-96(87)124)110-120-107(77-42-20-6-21-43-77)117-108(121-110)78-44-22-7-23-45-78)88(64-80)94-70-92(73-34-12-2-13-35-73)113-104(115-94)79-56-54-71(55-57-79)83-67-100-102-101(68-83)123(85-48-26-9-27-49-85)99-53-31-29-51-90(99)111(102)89-50-28-30-52-98(89)122(100)84-46-24-8-25-47-84/h1-70H. The topological polar surface area (TPSA) is 140 Å². The smallest absolute Gasteiger partial charge is 0.252 e. The van der Waals surface area contributed by atoms with Crippen molar-refractivity contribution in [1.82, 2.24) is 54.4 Å². The Kier molecular flexibility index (Phi) is 18.0. The van der Waals surface area contributed by atoms with Gasteiger partial charge in [0.2, 0.25) is 0 Å². The lowest BCUT2D eigenvalue weighted by atomic mass is 9.33. The Hall–Kier alpha value is -16.8. The Balaban J connectivity index is 0.747. The average molecular weight is 1580 g/mol. The predicted octanol–water partition coefficient (Wildman–Crippen LogP) is 24.5. The molecule has 0 fully saturated rings. The molecule has 2 aliphatic rings. The molecule has 0 atom stereocenters. The minimum atomic E-state index is -0.0273. The Bertz CT molecular complexity index is 7180. The van der Waals surface area contributed by atoms with Crippen LogP contribution in [0.2, 0.25) is 0 Å². The van der Waals surface area contributed by atoms with Gasteiger partial charge in [-0.05, 0) is 137 Å². The quantitative estimate of drug-likeness (QED) is 0.0851. The fourth-order valence-electron chi connectivity index (χ4n) is 17.7. The van der Waals surface area contributed by atoms with Crippen molar-refractivity contribution in [3.8, 4) is 153 Å². The van der Waals surface area contributed by atoms with Gasteiger partial charge < -0.3 is 14.4 Å². The van der Waals surface area contributed by atoms with Gasteiger partial charge in [-0.3, -0.25) is 0 Å². The zero-order valence-corrected chi connectivity index (χ0v) is 66.8. The summed E-state index contributed by atoms with van der Waals surface area (Å²) in [4.78, 5) is 58.6. The van der Waals surface area contributed by atoms with E-state index in [-0.39, 0.29) is 6.71 Å². The summed E-state index contributed by atoms with van der Waals surface area (Å²) in [7, 11) is 0. The highest BCUT2D eigenvalue weighted by Crippen LogP contribution is 2.48. The zero-order valence-electron chi connectivity index (χ0n) is 66.8. The van der Waals surface area contributed by atoms with Crippen LogP contribution < -0.4 is 26.2 Å². The number of benzene rings is 16. The molecule has 0 bridgehead atoms. The summed E-state index contributed by atoms with van der Waals surface area (Å²) in [6.45, 7) is -0.0273. The van der Waals surface area contributed by atoms with Gasteiger partial charge in [0.25, 0.3) is 6.71 Å². The van der Waals surface area contributed by atoms with E-state index in [1.54, 1.807) is 0 Å². The molecule has 23 rings (SSSR count). The van der Waals surface area contributed by atoms with Crippen LogP contribution in [-0.2, 0) is 0 Å². The molecule has 14 heteroatoms. The van der Waals surface area contributed by atoms with Crippen molar-refractivity contribution >= 4 is 79.0 Å². The number of rotatable bonds is 16. The highest BCUT2D eigenvalue weighted by atomic mass is 15.2. The zero-order chi connectivity index (χ0) is 82.0. The molecule has 0 N–H and O–H groups in total. The average Bonchev–Trinajstić information content (AvgIpc) is 0.902. The van der Waals surface area contributed by atoms with Gasteiger partial charge >= 0.3 is 0 Å². The molecular formula is C110H70BN13. The van der Waals surface area contributed by atoms with Gasteiger partial charge in [-0.15, -0.1) is 0 Å². The molecule has 0 saturated heterocycles. The Morgan fingerprint density at radius 1 is 0.177 bits per heavy atom. The van der Waals surface area contributed by atoms with E-state index in [9.17, 15) is 0 Å². The van der Waals surface area contributed by atoms with E-state index < -0.39 is 0 Å². The van der Waals surface area contributed by atoms with Gasteiger partial charge in [0.1, 0.15) is 0 Å². The highest BCUT2D eigenvalue weighted by molar-refractivity contribution is 7.00. The van der Waals surface area contributed by atoms with Crippen LogP contribution in [0.15, 0.2) is 425 Å². The van der Waals surface area contributed by atoms with Crippen molar-refractivity contribution in [2.45, 2.75) is 0 Å². The normalized spacial score (nSPS) is 12.0. The lowest BCUT2D eigenvalue weighted by Crippen LogP contribution is -2.61. The van der Waals surface area contributed by atoms with Crippen LogP contribution in [-0.4, -0.2) is 61.1 Å². The largest absolute Gasteiger partial charge is 0.311 e. The summed E-state index contributed by atoms with van der Waals surface area (Å²) in [5.41, 5.74) is 28.5. The van der Waals surface area contributed by atoms with Crippen LogP contribution in [0, 0.1) is 0 Å². The maximum Gasteiger partial charge on any atom is 0.252 e. The van der Waals surface area contributed by atoms with E-state index in [0.717, 1.165) is 157 Å². The summed E-state index contributed by atoms with van der Waals surface area (Å²) < 4.78 is 2.36. The molecule has 578 valence electrons. The number of para-hydroxylation sites is 4. The summed E-state index contributed by atoms with van der Waals surface area (Å²) in [5.74, 6) is 4.42. The first-order valence-corrected chi connectivity index (χ1v) is 41.5. The van der Waals surface area contributed by atoms with Gasteiger partial charge in [0, 0.05) is 112 Å². The third kappa shape index (κ3) is 13.2. The van der Waals surface area contributed by atoms with Gasteiger partial charge in [-0.1, -0.05) is 315 Å². The first kappa shape index (κ1) is 72.4. The Morgan fingerprint density at radius 2 is 0.468 bits per heavy atom. The van der Waals surface area contributed by atoms with Crippen LogP contribution in [0.4, 0.5) is 34.1 Å². The maximum atomic E-state index is 5.85. The van der Waals surface area contributed by atoms with Crippen LogP contribution in [0.5, 0.6) is 0 Å². The van der Waals surface area contributed by atoms with Crippen molar-refractivity contribution in [2.24, 2.45) is 0 Å². The molecule has 5 aromatic heterocycles. The van der Waals surface area contributed by atoms with Crippen LogP contribution in [0.25, 0.3) is 175 Å². The number of anilines is 6. The number of hydrogen-bond donors (Lipinski definition) is 0. The van der Waals surface area contributed by atoms with Crippen LogP contribution in [0.3, 0.4) is 0 Å². The van der Waals surface area contributed by atoms with E-state index in [2.05, 4.69) is 275 Å². The first-order valence-electron chi connectivity index (χ1n) is 41.5. The second-order valence-corrected chi connectivity index (χ2v) is 31.0. The van der Waals surface area contributed by atoms with E-state index in [1.165, 1.54) is 16.4 Å². The molecule has 16 aromatic carbocycles. The molecule has 7 heterocycles. The highest BCUT2D eigenvalue weighted by Gasteiger charge is 2.43. The van der Waals surface area contributed by atoms with E-state index in [1.807, 2.05) is 164 Å². The summed E-state index contributed by atoms with van der Waals surface area (Å²) in [6.07, 6.45) is 0. The molecule has 13 nitrogen and oxygen atoms in total. The lowest BCUT2D eigenvalue weighted by molar-refractivity contribution is 1.07. The summed E-state index contributed by atoms with van der Waals surface area (Å²) >= 11 is 0. The molecule has 0 amide bonds. The van der Waals surface area contributed by atoms with Gasteiger partial charge in [-0.2, -0.15) is 0 Å².